The van der Waals surface area contributed by atoms with Crippen molar-refractivity contribution in [2.75, 3.05) is 14.2 Å². The van der Waals surface area contributed by atoms with Crippen LogP contribution >= 0.6 is 11.3 Å². The standard InChI is InChI=1S/C18H17NO3S/c1-21-15-4-3-13(9-16(15)22-2)18-14(11-20)10-17(23-18)12-5-7-19-8-6-12/h3-10,20H,11H2,1-2H3. The van der Waals surface area contributed by atoms with Gasteiger partial charge in [0.25, 0.3) is 0 Å². The first-order valence-electron chi connectivity index (χ1n) is 7.13. The molecule has 0 bridgehead atoms. The van der Waals surface area contributed by atoms with E-state index in [1.807, 2.05) is 36.4 Å². The van der Waals surface area contributed by atoms with Gasteiger partial charge in [-0.25, -0.2) is 0 Å². The second kappa shape index (κ2) is 6.81. The summed E-state index contributed by atoms with van der Waals surface area (Å²) < 4.78 is 10.7. The highest BCUT2D eigenvalue weighted by Crippen LogP contribution is 2.41. The van der Waals surface area contributed by atoms with E-state index in [1.54, 1.807) is 38.0 Å². The number of benzene rings is 1. The Morgan fingerprint density at radius 2 is 1.70 bits per heavy atom. The van der Waals surface area contributed by atoms with Crippen molar-refractivity contribution in [1.29, 1.82) is 0 Å². The minimum absolute atomic E-state index is 0.00867. The number of hydrogen-bond donors (Lipinski definition) is 1. The molecule has 2 heterocycles. The molecule has 0 unspecified atom stereocenters. The van der Waals surface area contributed by atoms with Crippen LogP contribution in [0.2, 0.25) is 0 Å². The molecular formula is C18H17NO3S. The fourth-order valence-corrected chi connectivity index (χ4v) is 3.60. The summed E-state index contributed by atoms with van der Waals surface area (Å²) in [5, 5.41) is 9.71. The molecule has 1 N–H and O–H groups in total. The lowest BCUT2D eigenvalue weighted by Gasteiger charge is -2.09. The minimum atomic E-state index is -0.00867. The molecule has 23 heavy (non-hydrogen) atoms. The van der Waals surface area contributed by atoms with E-state index in [0.29, 0.717) is 11.5 Å². The predicted molar refractivity (Wildman–Crippen MR) is 92.0 cm³/mol. The van der Waals surface area contributed by atoms with Crippen LogP contribution in [0.1, 0.15) is 5.56 Å². The Balaban J connectivity index is 2.08. The third-order valence-electron chi connectivity index (χ3n) is 3.59. The van der Waals surface area contributed by atoms with Crippen LogP contribution in [0.25, 0.3) is 20.9 Å². The highest BCUT2D eigenvalue weighted by Gasteiger charge is 2.14. The molecule has 0 aliphatic rings. The zero-order chi connectivity index (χ0) is 16.2. The Morgan fingerprint density at radius 3 is 2.35 bits per heavy atom. The third kappa shape index (κ3) is 3.06. The van der Waals surface area contributed by atoms with Crippen LogP contribution in [0.5, 0.6) is 11.5 Å². The number of nitrogens with zero attached hydrogens (tertiary/aromatic N) is 1. The van der Waals surface area contributed by atoms with Crippen LogP contribution < -0.4 is 9.47 Å². The van der Waals surface area contributed by atoms with Crippen LogP contribution in [0, 0.1) is 0 Å². The van der Waals surface area contributed by atoms with Crippen molar-refractivity contribution in [1.82, 2.24) is 4.98 Å². The molecule has 3 aromatic rings. The minimum Gasteiger partial charge on any atom is -0.493 e. The van der Waals surface area contributed by atoms with Crippen molar-refractivity contribution in [2.45, 2.75) is 6.61 Å². The van der Waals surface area contributed by atoms with Gasteiger partial charge in [-0.1, -0.05) is 0 Å². The second-order valence-electron chi connectivity index (χ2n) is 4.93. The maximum absolute atomic E-state index is 9.71. The number of rotatable bonds is 5. The number of thiophene rings is 1. The number of pyridine rings is 1. The lowest BCUT2D eigenvalue weighted by atomic mass is 10.1. The van der Waals surface area contributed by atoms with Crippen LogP contribution in [0.15, 0.2) is 48.8 Å². The van der Waals surface area contributed by atoms with E-state index in [0.717, 1.165) is 26.4 Å². The molecule has 3 rings (SSSR count). The Kier molecular flexibility index (Phi) is 4.60. The van der Waals surface area contributed by atoms with E-state index in [1.165, 1.54) is 0 Å². The Bertz CT molecular complexity index is 799. The first-order chi connectivity index (χ1) is 11.3. The van der Waals surface area contributed by atoms with Gasteiger partial charge in [-0.05, 0) is 53.1 Å². The van der Waals surface area contributed by atoms with Crippen molar-refractivity contribution >= 4 is 11.3 Å². The van der Waals surface area contributed by atoms with Crippen molar-refractivity contribution < 1.29 is 14.6 Å². The third-order valence-corrected chi connectivity index (χ3v) is 4.87. The monoisotopic (exact) mass is 327 g/mol. The summed E-state index contributed by atoms with van der Waals surface area (Å²) in [6.07, 6.45) is 3.54. The molecule has 0 saturated heterocycles. The summed E-state index contributed by atoms with van der Waals surface area (Å²) in [4.78, 5) is 6.17. The molecule has 118 valence electrons. The first kappa shape index (κ1) is 15.5. The highest BCUT2D eigenvalue weighted by atomic mass is 32.1. The van der Waals surface area contributed by atoms with E-state index < -0.39 is 0 Å². The molecule has 5 heteroatoms. The summed E-state index contributed by atoms with van der Waals surface area (Å²) in [5.41, 5.74) is 2.98. The van der Waals surface area contributed by atoms with Crippen LogP contribution in [-0.4, -0.2) is 24.3 Å². The maximum atomic E-state index is 9.71. The van der Waals surface area contributed by atoms with Crippen molar-refractivity contribution in [3.8, 4) is 32.4 Å². The lowest BCUT2D eigenvalue weighted by molar-refractivity contribution is 0.283. The number of aliphatic hydroxyl groups excluding tert-OH is 1. The van der Waals surface area contributed by atoms with Gasteiger partial charge in [-0.3, -0.25) is 4.98 Å². The summed E-state index contributed by atoms with van der Waals surface area (Å²) in [7, 11) is 3.23. The van der Waals surface area contributed by atoms with E-state index in [9.17, 15) is 5.11 Å². The molecule has 1 aromatic carbocycles. The van der Waals surface area contributed by atoms with E-state index in [-0.39, 0.29) is 6.61 Å². The van der Waals surface area contributed by atoms with Crippen molar-refractivity contribution in [3.63, 3.8) is 0 Å². The van der Waals surface area contributed by atoms with Gasteiger partial charge in [-0.2, -0.15) is 0 Å². The molecule has 0 atom stereocenters. The molecule has 0 radical (unpaired) electrons. The fraction of sp³-hybridized carbons (Fsp3) is 0.167. The van der Waals surface area contributed by atoms with Gasteiger partial charge in [0.05, 0.1) is 20.8 Å². The van der Waals surface area contributed by atoms with Crippen molar-refractivity contribution in [3.05, 3.63) is 54.4 Å². The molecular weight excluding hydrogens is 310 g/mol. The molecule has 0 aliphatic carbocycles. The van der Waals surface area contributed by atoms with Gasteiger partial charge in [0.2, 0.25) is 0 Å². The van der Waals surface area contributed by atoms with Gasteiger partial charge < -0.3 is 14.6 Å². The molecule has 0 amide bonds. The summed E-state index contributed by atoms with van der Waals surface area (Å²) in [6.45, 7) is -0.00867. The number of hydrogen-bond acceptors (Lipinski definition) is 5. The SMILES string of the molecule is COc1ccc(-c2sc(-c3ccncc3)cc2CO)cc1OC. The number of aliphatic hydroxyl groups is 1. The quantitative estimate of drug-likeness (QED) is 0.770. The number of methoxy groups -OCH3 is 2. The summed E-state index contributed by atoms with van der Waals surface area (Å²) >= 11 is 1.64. The smallest absolute Gasteiger partial charge is 0.161 e. The molecule has 0 spiro atoms. The molecule has 0 saturated carbocycles. The normalized spacial score (nSPS) is 10.6. The van der Waals surface area contributed by atoms with E-state index in [2.05, 4.69) is 4.98 Å². The van der Waals surface area contributed by atoms with Gasteiger partial charge in [0.1, 0.15) is 0 Å². The maximum Gasteiger partial charge on any atom is 0.161 e. The van der Waals surface area contributed by atoms with Crippen molar-refractivity contribution in [2.24, 2.45) is 0 Å². The summed E-state index contributed by atoms with van der Waals surface area (Å²) in [6, 6.07) is 11.7. The van der Waals surface area contributed by atoms with Gasteiger partial charge in [0.15, 0.2) is 11.5 Å². The second-order valence-corrected chi connectivity index (χ2v) is 5.98. The number of ether oxygens (including phenoxy) is 2. The van der Waals surface area contributed by atoms with Gasteiger partial charge in [-0.15, -0.1) is 11.3 Å². The molecule has 2 aromatic heterocycles. The van der Waals surface area contributed by atoms with Gasteiger partial charge >= 0.3 is 0 Å². The van der Waals surface area contributed by atoms with Crippen LogP contribution in [0.4, 0.5) is 0 Å². The Labute approximate surface area is 139 Å². The average Bonchev–Trinajstić information content (AvgIpc) is 3.06. The largest absolute Gasteiger partial charge is 0.493 e. The molecule has 4 nitrogen and oxygen atoms in total. The fourth-order valence-electron chi connectivity index (χ4n) is 2.43. The zero-order valence-corrected chi connectivity index (χ0v) is 13.8. The van der Waals surface area contributed by atoms with Crippen LogP contribution in [-0.2, 0) is 6.61 Å². The first-order valence-corrected chi connectivity index (χ1v) is 7.95. The Hall–Kier alpha value is -2.37. The van der Waals surface area contributed by atoms with Gasteiger partial charge in [0, 0.05) is 22.1 Å². The predicted octanol–water partition coefficient (Wildman–Crippen LogP) is 3.99. The van der Waals surface area contributed by atoms with E-state index >= 15 is 0 Å². The van der Waals surface area contributed by atoms with E-state index in [4.69, 9.17) is 9.47 Å². The highest BCUT2D eigenvalue weighted by molar-refractivity contribution is 7.19. The Morgan fingerprint density at radius 1 is 0.957 bits per heavy atom. The number of aromatic nitrogens is 1. The summed E-state index contributed by atoms with van der Waals surface area (Å²) in [5.74, 6) is 1.36. The lowest BCUT2D eigenvalue weighted by Crippen LogP contribution is -1.91. The zero-order valence-electron chi connectivity index (χ0n) is 12.9. The average molecular weight is 327 g/mol. The topological polar surface area (TPSA) is 51.6 Å². The molecule has 0 fully saturated rings. The van der Waals surface area contributed by atoms with Crippen LogP contribution in [0.3, 0.4) is 0 Å². The molecule has 0 aliphatic heterocycles.